The average Bonchev–Trinajstić information content (AvgIpc) is 2.24. The summed E-state index contributed by atoms with van der Waals surface area (Å²) >= 11 is 0. The van der Waals surface area contributed by atoms with E-state index in [1.165, 1.54) is 37.0 Å². The van der Waals surface area contributed by atoms with Gasteiger partial charge in [-0.1, -0.05) is 0 Å². The van der Waals surface area contributed by atoms with Gasteiger partial charge in [0.15, 0.2) is 0 Å². The molecular weight excluding hydrogens is 912 g/mol. The van der Waals surface area contributed by atoms with Crippen LogP contribution in [0.15, 0.2) is 0 Å². The van der Waals surface area contributed by atoms with Crippen molar-refractivity contribution in [2.45, 2.75) is 0 Å². The zero-order valence-corrected chi connectivity index (χ0v) is 33.0. The van der Waals surface area contributed by atoms with Crippen LogP contribution in [-0.2, 0) is 34.1 Å². The molecule has 6 atom stereocenters. The van der Waals surface area contributed by atoms with Crippen molar-refractivity contribution in [3.63, 3.8) is 0 Å². The van der Waals surface area contributed by atoms with Crippen LogP contribution in [0.1, 0.15) is 0 Å². The molecule has 0 nitrogen and oxygen atoms in total. The fourth-order valence-corrected chi connectivity index (χ4v) is 5.20. The molecule has 0 saturated heterocycles. The summed E-state index contributed by atoms with van der Waals surface area (Å²) < 4.78 is 0. The van der Waals surface area contributed by atoms with E-state index in [2.05, 4.69) is 55.4 Å². The molecule has 0 aliphatic rings. The van der Waals surface area contributed by atoms with Gasteiger partial charge in [-0.2, -0.15) is 0 Å². The maximum atomic E-state index is 2.76. The van der Waals surface area contributed by atoms with E-state index in [-0.39, 0.29) is 502 Å². The quantitative estimate of drug-likeness (QED) is 0.218. The Morgan fingerprint density at radius 3 is 0.367 bits per heavy atom. The van der Waals surface area contributed by atoms with Crippen LogP contribution in [0, 0.1) is 480 Å². The fraction of sp³-hybridized carbons (Fsp3) is 0.800. The third-order valence-corrected chi connectivity index (χ3v) is 6.00. The second-order valence-electron chi connectivity index (χ2n) is 3.15. The summed E-state index contributed by atoms with van der Waals surface area (Å²) in [7, 11) is 16.5. The molecule has 220 valence electrons. The fourth-order valence-electron chi connectivity index (χ4n) is 0.577. The van der Waals surface area contributed by atoms with Crippen LogP contribution in [0.25, 0.3) is 0 Å². The summed E-state index contributed by atoms with van der Waals surface area (Å²) in [4.78, 5) is 0. The van der Waals surface area contributed by atoms with Crippen molar-refractivity contribution in [1.29, 1.82) is 0 Å². The molecule has 20 heteroatoms. The molecule has 30 heavy (non-hydrogen) atoms. The first kappa shape index (κ1) is 118. The van der Waals surface area contributed by atoms with Gasteiger partial charge < -0.3 is 14.9 Å². The van der Waals surface area contributed by atoms with Gasteiger partial charge in [0.2, 0.25) is 0 Å². The Balaban J connectivity index is -0.00000000391. The molecule has 0 radical (unpaired) electrons. The molecule has 0 bridgehead atoms. The third-order valence-electron chi connectivity index (χ3n) is 2.00. The molecule has 0 fully saturated rings. The van der Waals surface area contributed by atoms with Crippen molar-refractivity contribution in [2.24, 2.45) is 11.8 Å². The van der Waals surface area contributed by atoms with Crippen molar-refractivity contribution in [3.05, 3.63) is 14.9 Å². The molecule has 0 aliphatic heterocycles. The van der Waals surface area contributed by atoms with Crippen molar-refractivity contribution >= 4 is 55.4 Å². The first-order chi connectivity index (χ1) is 6.69. The summed E-state index contributed by atoms with van der Waals surface area (Å²) in [6.07, 6.45) is 7.38. The van der Waals surface area contributed by atoms with E-state index in [0.717, 1.165) is 11.8 Å². The van der Waals surface area contributed by atoms with E-state index < -0.39 is 0 Å². The van der Waals surface area contributed by atoms with Gasteiger partial charge in [-0.3, -0.25) is 0 Å². The van der Waals surface area contributed by atoms with E-state index in [9.17, 15) is 0 Å². The Morgan fingerprint density at radius 2 is 0.367 bits per heavy atom. The van der Waals surface area contributed by atoms with Gasteiger partial charge in [-0.25, -0.2) is 0 Å². The van der Waals surface area contributed by atoms with Gasteiger partial charge in [0.1, 0.15) is 0 Å². The summed E-state index contributed by atoms with van der Waals surface area (Å²) in [6.45, 7) is 0. The zero-order chi connectivity index (χ0) is 11.4. The predicted molar refractivity (Wildman–Crippen MR) is 107 cm³/mol. The van der Waals surface area contributed by atoms with E-state index in [0.29, 0.717) is 0 Å². The van der Waals surface area contributed by atoms with Crippen LogP contribution >= 0.6 is 55.4 Å². The monoisotopic (exact) mass is 944 g/mol. The first-order valence-electron chi connectivity index (χ1n) is 4.90. The molecule has 0 spiro atoms. The van der Waals surface area contributed by atoms with Crippen molar-refractivity contribution in [2.75, 3.05) is 37.0 Å². The van der Waals surface area contributed by atoms with Gasteiger partial charge in [0.05, 0.1) is 0 Å². The number of rotatable bonds is 6. The Morgan fingerprint density at radius 1 is 0.300 bits per heavy atom. The summed E-state index contributed by atoms with van der Waals surface area (Å²) in [5, 5.41) is 0. The van der Waals surface area contributed by atoms with E-state index >= 15 is 0 Å². The molecule has 0 amide bonds. The molecule has 0 aromatic rings. The molecule has 0 rings (SSSR count). The Hall–Kier alpha value is 18.7. The van der Waals surface area contributed by atoms with E-state index in [1.807, 2.05) is 0 Å². The first-order valence-corrected chi connectivity index (χ1v) is 9.80. The predicted octanol–water partition coefficient (Wildman–Crippen LogP) is 3.35. The molecule has 0 heterocycles. The largest absolute Gasteiger partial charge is 1.00 e. The molecule has 0 aromatic carbocycles. The van der Waals surface area contributed by atoms with Gasteiger partial charge in [-0.05, 0) is 48.8 Å². The van der Waals surface area contributed by atoms with Crippen molar-refractivity contribution < 1.29 is 487 Å². The minimum atomic E-state index is 0. The van der Waals surface area contributed by atoms with Crippen LogP contribution in [0.2, 0.25) is 0 Å². The maximum absolute atomic E-state index is 2.76. The second kappa shape index (κ2) is 110. The van der Waals surface area contributed by atoms with E-state index in [4.69, 9.17) is 0 Å². The Labute approximate surface area is 586 Å². The zero-order valence-electron chi connectivity index (χ0n) is 15.7. The Bertz CT molecular complexity index is 108. The normalized spacial score (nSPS) is 4.80. The molecule has 0 aliphatic carbocycles. The molecule has 0 aromatic heterocycles. The molecular formula is C10H32Ar12Cu2P6. The van der Waals surface area contributed by atoms with E-state index in [1.54, 1.807) is 0 Å². The smallest absolute Gasteiger partial charge is 0.358 e. The van der Waals surface area contributed by atoms with Crippen molar-refractivity contribution in [3.8, 4) is 0 Å². The van der Waals surface area contributed by atoms with Crippen LogP contribution in [0.4, 0.5) is 0 Å². The van der Waals surface area contributed by atoms with Gasteiger partial charge >= 0.3 is 34.1 Å². The molecule has 0 saturated carbocycles. The van der Waals surface area contributed by atoms with Gasteiger partial charge in [0.25, 0.3) is 0 Å². The number of hydrogen-bond acceptors (Lipinski definition) is 0. The summed E-state index contributed by atoms with van der Waals surface area (Å²) in [6, 6.07) is 0. The maximum Gasteiger partial charge on any atom is 1.00 e. The average molecular weight is 945 g/mol. The molecule has 6 unspecified atom stereocenters. The van der Waals surface area contributed by atoms with Crippen LogP contribution < -0.4 is 0 Å². The van der Waals surface area contributed by atoms with Crippen molar-refractivity contribution in [1.82, 2.24) is 0 Å². The van der Waals surface area contributed by atoms with Gasteiger partial charge in [0, 0.05) is 453 Å². The topological polar surface area (TPSA) is 0 Å². The Kier molecular flexibility index (Phi) is 432. The van der Waals surface area contributed by atoms with Gasteiger partial charge in [-0.15, -0.1) is 55.4 Å². The van der Waals surface area contributed by atoms with Crippen LogP contribution in [-0.4, -0.2) is 37.0 Å². The summed E-state index contributed by atoms with van der Waals surface area (Å²) in [5.41, 5.74) is 0. The molecule has 0 N–H and O–H groups in total. The van der Waals surface area contributed by atoms with Crippen LogP contribution in [0.3, 0.4) is 0 Å². The minimum Gasteiger partial charge on any atom is -0.358 e. The standard InChI is InChI=1S/2C4H13P3.2CH3.12Ar.2Cu/c2*5-1-4(2-6)3-7;;;;;;;;;;;;;;;;/h2*4H,1-3,5-7H2;2*1H3;;;;;;;;;;;;;;/q;;2*-1;;;;;;;;;;;;;2*+1. The van der Waals surface area contributed by atoms with Crippen LogP contribution in [0.5, 0.6) is 0 Å². The summed E-state index contributed by atoms with van der Waals surface area (Å²) in [5.74, 6) is 1.75. The SMILES string of the molecule is PCC(CP)CP.PCC(CP)CP.[Ar].[Ar].[Ar].[Ar].[Ar].[Ar].[Ar].[Ar].[Ar].[Ar].[Ar].[Ar].[CH3-].[CH3-].[Cu+].[Cu+]. The number of hydrogen-bond donors (Lipinski definition) is 0. The second-order valence-corrected chi connectivity index (χ2v) is 5.97. The minimum absolute atomic E-state index is 0. The third kappa shape index (κ3) is 103.